The van der Waals surface area contributed by atoms with Crippen LogP contribution in [-0.2, 0) is 0 Å². The summed E-state index contributed by atoms with van der Waals surface area (Å²) in [7, 11) is 2.26. The van der Waals surface area contributed by atoms with Gasteiger partial charge in [0.25, 0.3) is 0 Å². The van der Waals surface area contributed by atoms with Crippen molar-refractivity contribution in [3.05, 3.63) is 0 Å². The molecule has 0 saturated carbocycles. The van der Waals surface area contributed by atoms with Crippen LogP contribution in [0.3, 0.4) is 0 Å². The third kappa shape index (κ3) is 1.96. The number of likely N-dealkylation sites (tertiary alicyclic amines) is 1. The summed E-state index contributed by atoms with van der Waals surface area (Å²) in [5.41, 5.74) is 0. The Morgan fingerprint density at radius 3 is 2.36 bits per heavy atom. The van der Waals surface area contributed by atoms with E-state index in [9.17, 15) is 0 Å². The average molecular weight is 155 g/mol. The Bertz CT molecular complexity index is 120. The van der Waals surface area contributed by atoms with Crippen molar-refractivity contribution in [2.24, 2.45) is 11.8 Å². The van der Waals surface area contributed by atoms with Crippen LogP contribution in [0.25, 0.3) is 0 Å². The highest BCUT2D eigenvalue weighted by Gasteiger charge is 2.29. The first-order valence-electron chi connectivity index (χ1n) is 4.85. The Morgan fingerprint density at radius 2 is 2.09 bits per heavy atom. The molecule has 0 aliphatic carbocycles. The smallest absolute Gasteiger partial charge is 0.0118 e. The number of hydrogen-bond acceptors (Lipinski definition) is 1. The van der Waals surface area contributed by atoms with E-state index in [1.807, 2.05) is 0 Å². The lowest BCUT2D eigenvalue weighted by atomic mass is 9.96. The highest BCUT2D eigenvalue weighted by molar-refractivity contribution is 4.84. The molecule has 0 aromatic heterocycles. The molecule has 0 amide bonds. The van der Waals surface area contributed by atoms with Gasteiger partial charge in [0.2, 0.25) is 0 Å². The molecule has 1 rings (SSSR count). The van der Waals surface area contributed by atoms with Crippen LogP contribution in [-0.4, -0.2) is 24.5 Å². The second kappa shape index (κ2) is 3.57. The second-order valence-electron chi connectivity index (χ2n) is 4.26. The van der Waals surface area contributed by atoms with Gasteiger partial charge in [0.1, 0.15) is 0 Å². The first-order valence-corrected chi connectivity index (χ1v) is 4.85. The molecule has 1 aliphatic rings. The third-order valence-corrected chi connectivity index (χ3v) is 3.03. The predicted octanol–water partition coefficient (Wildman–Crippen LogP) is 2.37. The lowest BCUT2D eigenvalue weighted by Crippen LogP contribution is -2.29. The second-order valence-corrected chi connectivity index (χ2v) is 4.26. The molecule has 0 aromatic carbocycles. The first kappa shape index (κ1) is 9.05. The van der Waals surface area contributed by atoms with Gasteiger partial charge in [-0.2, -0.15) is 0 Å². The normalized spacial score (nSPS) is 33.5. The number of rotatable bonds is 2. The van der Waals surface area contributed by atoms with E-state index in [1.165, 1.54) is 19.4 Å². The van der Waals surface area contributed by atoms with E-state index in [0.29, 0.717) is 0 Å². The molecular formula is C10H21N. The molecule has 1 aliphatic heterocycles. The maximum atomic E-state index is 2.53. The van der Waals surface area contributed by atoms with Crippen LogP contribution in [0.15, 0.2) is 0 Å². The fourth-order valence-electron chi connectivity index (χ4n) is 2.22. The Balaban J connectivity index is 2.45. The summed E-state index contributed by atoms with van der Waals surface area (Å²) in [6.45, 7) is 8.29. The summed E-state index contributed by atoms with van der Waals surface area (Å²) in [5, 5.41) is 0. The lowest BCUT2D eigenvalue weighted by molar-refractivity contribution is 0.249. The van der Waals surface area contributed by atoms with Gasteiger partial charge in [-0.1, -0.05) is 27.2 Å². The van der Waals surface area contributed by atoms with Crippen LogP contribution in [0.2, 0.25) is 0 Å². The molecule has 1 heteroatoms. The summed E-state index contributed by atoms with van der Waals surface area (Å²) in [4.78, 5) is 2.53. The van der Waals surface area contributed by atoms with E-state index in [-0.39, 0.29) is 0 Å². The summed E-state index contributed by atoms with van der Waals surface area (Å²) >= 11 is 0. The minimum Gasteiger partial charge on any atom is -0.303 e. The minimum atomic E-state index is 0.830. The standard InChI is InChI=1S/C10H21N/c1-5-9-6-10(8(2)3)11(4)7-9/h8-10H,5-7H2,1-4H3/t9-,10?/m0/s1. The maximum absolute atomic E-state index is 2.53. The van der Waals surface area contributed by atoms with Gasteiger partial charge in [-0.05, 0) is 25.3 Å². The lowest BCUT2D eigenvalue weighted by Gasteiger charge is -2.22. The molecular weight excluding hydrogens is 134 g/mol. The molecule has 66 valence electrons. The molecule has 0 spiro atoms. The van der Waals surface area contributed by atoms with Crippen LogP contribution in [0.4, 0.5) is 0 Å². The quantitative estimate of drug-likeness (QED) is 0.592. The molecule has 0 aromatic rings. The summed E-state index contributed by atoms with van der Waals surface area (Å²) < 4.78 is 0. The summed E-state index contributed by atoms with van der Waals surface area (Å²) in [6.07, 6.45) is 2.78. The third-order valence-electron chi connectivity index (χ3n) is 3.03. The van der Waals surface area contributed by atoms with Gasteiger partial charge in [-0.3, -0.25) is 0 Å². The molecule has 0 bridgehead atoms. The molecule has 2 atom stereocenters. The highest BCUT2D eigenvalue weighted by atomic mass is 15.2. The monoisotopic (exact) mass is 155 g/mol. The molecule has 1 fully saturated rings. The Morgan fingerprint density at radius 1 is 1.45 bits per heavy atom. The summed E-state index contributed by atoms with van der Waals surface area (Å²) in [5.74, 6) is 1.80. The van der Waals surface area contributed by atoms with Gasteiger partial charge in [-0.25, -0.2) is 0 Å². The first-order chi connectivity index (χ1) is 5.15. The maximum Gasteiger partial charge on any atom is 0.0118 e. The molecule has 0 N–H and O–H groups in total. The molecule has 1 nitrogen and oxygen atoms in total. The van der Waals surface area contributed by atoms with Gasteiger partial charge >= 0.3 is 0 Å². The van der Waals surface area contributed by atoms with Gasteiger partial charge in [0.05, 0.1) is 0 Å². The van der Waals surface area contributed by atoms with E-state index in [1.54, 1.807) is 0 Å². The zero-order valence-corrected chi connectivity index (χ0v) is 8.30. The SMILES string of the molecule is CC[C@H]1CC(C(C)C)N(C)C1. The molecule has 0 radical (unpaired) electrons. The van der Waals surface area contributed by atoms with E-state index in [4.69, 9.17) is 0 Å². The largest absolute Gasteiger partial charge is 0.303 e. The van der Waals surface area contributed by atoms with Crippen molar-refractivity contribution in [3.8, 4) is 0 Å². The fraction of sp³-hybridized carbons (Fsp3) is 1.00. The molecule has 11 heavy (non-hydrogen) atoms. The molecule has 1 heterocycles. The van der Waals surface area contributed by atoms with Crippen LogP contribution < -0.4 is 0 Å². The van der Waals surface area contributed by atoms with Crippen molar-refractivity contribution >= 4 is 0 Å². The van der Waals surface area contributed by atoms with Crippen LogP contribution in [0.5, 0.6) is 0 Å². The predicted molar refractivity (Wildman–Crippen MR) is 49.7 cm³/mol. The van der Waals surface area contributed by atoms with Crippen LogP contribution in [0, 0.1) is 11.8 Å². The van der Waals surface area contributed by atoms with Crippen molar-refractivity contribution < 1.29 is 0 Å². The number of hydrogen-bond donors (Lipinski definition) is 0. The number of nitrogens with zero attached hydrogens (tertiary/aromatic N) is 1. The Labute approximate surface area is 70.8 Å². The highest BCUT2D eigenvalue weighted by Crippen LogP contribution is 2.28. The van der Waals surface area contributed by atoms with E-state index in [2.05, 4.69) is 32.7 Å². The Kier molecular flexibility index (Phi) is 2.94. The van der Waals surface area contributed by atoms with Gasteiger partial charge < -0.3 is 4.90 Å². The van der Waals surface area contributed by atoms with E-state index < -0.39 is 0 Å². The zero-order chi connectivity index (χ0) is 8.43. The molecule has 1 unspecified atom stereocenters. The van der Waals surface area contributed by atoms with Crippen molar-refractivity contribution in [1.29, 1.82) is 0 Å². The van der Waals surface area contributed by atoms with Crippen molar-refractivity contribution in [3.63, 3.8) is 0 Å². The van der Waals surface area contributed by atoms with E-state index >= 15 is 0 Å². The van der Waals surface area contributed by atoms with Gasteiger partial charge in [0, 0.05) is 12.6 Å². The molecule has 1 saturated heterocycles. The summed E-state index contributed by atoms with van der Waals surface area (Å²) in [6, 6.07) is 0.847. The van der Waals surface area contributed by atoms with Gasteiger partial charge in [-0.15, -0.1) is 0 Å². The van der Waals surface area contributed by atoms with Crippen LogP contribution in [0.1, 0.15) is 33.6 Å². The average Bonchev–Trinajstić information content (AvgIpc) is 2.30. The topological polar surface area (TPSA) is 3.24 Å². The van der Waals surface area contributed by atoms with Crippen molar-refractivity contribution in [2.75, 3.05) is 13.6 Å². The minimum absolute atomic E-state index is 0.830. The van der Waals surface area contributed by atoms with E-state index in [0.717, 1.165) is 17.9 Å². The van der Waals surface area contributed by atoms with Crippen LogP contribution >= 0.6 is 0 Å². The fourth-order valence-corrected chi connectivity index (χ4v) is 2.22. The Hall–Kier alpha value is -0.0400. The van der Waals surface area contributed by atoms with Gasteiger partial charge in [0.15, 0.2) is 0 Å². The van der Waals surface area contributed by atoms with Crippen molar-refractivity contribution in [1.82, 2.24) is 4.90 Å². The van der Waals surface area contributed by atoms with Crippen molar-refractivity contribution in [2.45, 2.75) is 39.7 Å². The zero-order valence-electron chi connectivity index (χ0n) is 8.30.